The average Bonchev–Trinajstić information content (AvgIpc) is 2.86. The number of rotatable bonds is 6. The molecule has 7 nitrogen and oxygen atoms in total. The van der Waals surface area contributed by atoms with Crippen molar-refractivity contribution in [1.29, 1.82) is 0 Å². The second-order valence-corrected chi connectivity index (χ2v) is 5.16. The zero-order valence-electron chi connectivity index (χ0n) is 11.3. The van der Waals surface area contributed by atoms with Crippen LogP contribution in [-0.2, 0) is 6.54 Å². The number of aliphatic hydroxyl groups excluding tert-OH is 1. The summed E-state index contributed by atoms with van der Waals surface area (Å²) in [5.74, 6) is 5.88. The van der Waals surface area contributed by atoms with Crippen LogP contribution < -0.4 is 11.3 Å². The molecule has 1 fully saturated rings. The number of likely N-dealkylation sites (tertiary alicyclic amines) is 1. The van der Waals surface area contributed by atoms with Crippen molar-refractivity contribution in [2.75, 3.05) is 25.1 Å². The van der Waals surface area contributed by atoms with Crippen LogP contribution in [-0.4, -0.2) is 34.6 Å². The molecule has 4 N–H and O–H groups in total. The highest BCUT2D eigenvalue weighted by atomic mass is 16.6. The number of nitrogen functional groups attached to an aromatic ring is 1. The highest BCUT2D eigenvalue weighted by Gasteiger charge is 2.22. The van der Waals surface area contributed by atoms with Crippen LogP contribution in [0.1, 0.15) is 18.4 Å². The minimum Gasteiger partial charge on any atom is -0.396 e. The topological polar surface area (TPSA) is 105 Å². The molecule has 1 aromatic carbocycles. The molecule has 110 valence electrons. The Labute approximate surface area is 117 Å². The fourth-order valence-corrected chi connectivity index (χ4v) is 2.69. The third kappa shape index (κ3) is 3.44. The highest BCUT2D eigenvalue weighted by Crippen LogP contribution is 2.26. The Balaban J connectivity index is 2.02. The number of benzene rings is 1. The number of hydrogen-bond donors (Lipinski definition) is 3. The molecule has 1 aliphatic heterocycles. The zero-order chi connectivity index (χ0) is 14.5. The molecule has 0 radical (unpaired) electrons. The molecule has 0 bridgehead atoms. The Bertz CT molecular complexity index is 481. The van der Waals surface area contributed by atoms with E-state index in [0.717, 1.165) is 38.0 Å². The third-order valence-corrected chi connectivity index (χ3v) is 3.73. The minimum atomic E-state index is -0.452. The van der Waals surface area contributed by atoms with E-state index in [2.05, 4.69) is 10.3 Å². The summed E-state index contributed by atoms with van der Waals surface area (Å²) in [6.07, 6.45) is 1.93. The molecule has 1 atom stereocenters. The first kappa shape index (κ1) is 14.7. The third-order valence-electron chi connectivity index (χ3n) is 3.73. The summed E-state index contributed by atoms with van der Waals surface area (Å²) in [5, 5.41) is 19.8. The predicted molar refractivity (Wildman–Crippen MR) is 76.0 cm³/mol. The summed E-state index contributed by atoms with van der Waals surface area (Å²) in [4.78, 5) is 12.7. The number of hydrazine groups is 1. The number of aliphatic hydroxyl groups is 1. The van der Waals surface area contributed by atoms with Gasteiger partial charge in [0.25, 0.3) is 5.69 Å². The number of nitro groups is 1. The lowest BCUT2D eigenvalue weighted by atomic mass is 10.1. The van der Waals surface area contributed by atoms with Gasteiger partial charge in [0.1, 0.15) is 5.69 Å². The van der Waals surface area contributed by atoms with Crippen LogP contribution in [0, 0.1) is 16.0 Å². The Kier molecular flexibility index (Phi) is 4.89. The molecule has 0 spiro atoms. The van der Waals surface area contributed by atoms with Gasteiger partial charge < -0.3 is 10.5 Å². The smallest absolute Gasteiger partial charge is 0.293 e. The fourth-order valence-electron chi connectivity index (χ4n) is 2.69. The monoisotopic (exact) mass is 280 g/mol. The standard InChI is InChI=1S/C13H20N4O3/c14-15-12-7-11(1-2-13(12)17(19)20)9-16-5-3-10(8-16)4-6-18/h1-2,7,10,15,18H,3-6,8-9,14H2. The quantitative estimate of drug-likeness (QED) is 0.409. The molecule has 1 unspecified atom stereocenters. The Hall–Kier alpha value is -1.70. The molecule has 7 heteroatoms. The van der Waals surface area contributed by atoms with Crippen molar-refractivity contribution in [2.24, 2.45) is 11.8 Å². The molecule has 2 rings (SSSR count). The molecular formula is C13H20N4O3. The number of hydrogen-bond acceptors (Lipinski definition) is 6. The van der Waals surface area contributed by atoms with Crippen LogP contribution in [0.4, 0.5) is 11.4 Å². The van der Waals surface area contributed by atoms with Crippen molar-refractivity contribution in [3.63, 3.8) is 0 Å². The van der Waals surface area contributed by atoms with Gasteiger partial charge in [0.15, 0.2) is 0 Å². The molecule has 1 aromatic rings. The maximum Gasteiger partial charge on any atom is 0.293 e. The molecular weight excluding hydrogens is 260 g/mol. The Morgan fingerprint density at radius 3 is 3.00 bits per heavy atom. The SMILES string of the molecule is NNc1cc(CN2CCC(CCO)C2)ccc1[N+](=O)[O-]. The van der Waals surface area contributed by atoms with Crippen molar-refractivity contribution in [1.82, 2.24) is 4.90 Å². The Morgan fingerprint density at radius 1 is 1.55 bits per heavy atom. The normalized spacial score (nSPS) is 19.2. The lowest BCUT2D eigenvalue weighted by molar-refractivity contribution is -0.384. The summed E-state index contributed by atoms with van der Waals surface area (Å²) in [5.41, 5.74) is 3.69. The van der Waals surface area contributed by atoms with E-state index < -0.39 is 4.92 Å². The van der Waals surface area contributed by atoms with Crippen LogP contribution in [0.2, 0.25) is 0 Å². The first-order chi connectivity index (χ1) is 9.63. The van der Waals surface area contributed by atoms with Crippen LogP contribution in [0.5, 0.6) is 0 Å². The van der Waals surface area contributed by atoms with E-state index in [-0.39, 0.29) is 12.3 Å². The van der Waals surface area contributed by atoms with Crippen LogP contribution in [0.25, 0.3) is 0 Å². The first-order valence-corrected chi connectivity index (χ1v) is 6.71. The first-order valence-electron chi connectivity index (χ1n) is 6.71. The summed E-state index contributed by atoms with van der Waals surface area (Å²) in [6.45, 7) is 2.93. The van der Waals surface area contributed by atoms with Crippen molar-refractivity contribution in [2.45, 2.75) is 19.4 Å². The van der Waals surface area contributed by atoms with E-state index in [0.29, 0.717) is 11.6 Å². The van der Waals surface area contributed by atoms with Gasteiger partial charge in [-0.25, -0.2) is 0 Å². The molecule has 0 aromatic heterocycles. The summed E-state index contributed by atoms with van der Waals surface area (Å²) in [6, 6.07) is 4.96. The molecule has 0 amide bonds. The predicted octanol–water partition coefficient (Wildman–Crippen LogP) is 1.08. The van der Waals surface area contributed by atoms with E-state index in [1.54, 1.807) is 12.1 Å². The van der Waals surface area contributed by atoms with Crippen molar-refractivity contribution >= 4 is 11.4 Å². The number of nitrogens with two attached hydrogens (primary N) is 1. The van der Waals surface area contributed by atoms with E-state index in [4.69, 9.17) is 10.9 Å². The maximum atomic E-state index is 10.8. The van der Waals surface area contributed by atoms with Gasteiger partial charge >= 0.3 is 0 Å². The lowest BCUT2D eigenvalue weighted by Crippen LogP contribution is -2.20. The molecule has 0 saturated carbocycles. The van der Waals surface area contributed by atoms with Crippen LogP contribution in [0.3, 0.4) is 0 Å². The number of nitro benzene ring substituents is 1. The van der Waals surface area contributed by atoms with Gasteiger partial charge in [0.2, 0.25) is 0 Å². The van der Waals surface area contributed by atoms with Gasteiger partial charge in [0.05, 0.1) is 4.92 Å². The van der Waals surface area contributed by atoms with Crippen molar-refractivity contribution < 1.29 is 10.0 Å². The number of nitrogens with zero attached hydrogens (tertiary/aromatic N) is 2. The maximum absolute atomic E-state index is 10.8. The van der Waals surface area contributed by atoms with Gasteiger partial charge in [-0.3, -0.25) is 20.9 Å². The molecule has 1 saturated heterocycles. The average molecular weight is 280 g/mol. The molecule has 1 aliphatic rings. The number of nitrogens with one attached hydrogen (secondary N) is 1. The van der Waals surface area contributed by atoms with E-state index in [1.165, 1.54) is 6.07 Å². The summed E-state index contributed by atoms with van der Waals surface area (Å²) in [7, 11) is 0. The fraction of sp³-hybridized carbons (Fsp3) is 0.538. The largest absolute Gasteiger partial charge is 0.396 e. The van der Waals surface area contributed by atoms with Gasteiger partial charge in [-0.2, -0.15) is 0 Å². The van der Waals surface area contributed by atoms with E-state index in [9.17, 15) is 10.1 Å². The van der Waals surface area contributed by atoms with Crippen molar-refractivity contribution in [3.8, 4) is 0 Å². The van der Waals surface area contributed by atoms with Gasteiger partial charge in [-0.05, 0) is 36.9 Å². The summed E-state index contributed by atoms with van der Waals surface area (Å²) < 4.78 is 0. The van der Waals surface area contributed by atoms with Gasteiger partial charge in [-0.15, -0.1) is 0 Å². The van der Waals surface area contributed by atoms with Crippen molar-refractivity contribution in [3.05, 3.63) is 33.9 Å². The molecule has 1 heterocycles. The van der Waals surface area contributed by atoms with Gasteiger partial charge in [0, 0.05) is 25.8 Å². The second-order valence-electron chi connectivity index (χ2n) is 5.16. The summed E-state index contributed by atoms with van der Waals surface area (Å²) >= 11 is 0. The second kappa shape index (κ2) is 6.65. The highest BCUT2D eigenvalue weighted by molar-refractivity contribution is 5.62. The number of anilines is 1. The van der Waals surface area contributed by atoms with E-state index >= 15 is 0 Å². The Morgan fingerprint density at radius 2 is 2.35 bits per heavy atom. The zero-order valence-corrected chi connectivity index (χ0v) is 11.3. The molecule has 20 heavy (non-hydrogen) atoms. The lowest BCUT2D eigenvalue weighted by Gasteiger charge is -2.16. The van der Waals surface area contributed by atoms with Gasteiger partial charge in [-0.1, -0.05) is 6.07 Å². The molecule has 0 aliphatic carbocycles. The minimum absolute atomic E-state index is 0.0178. The van der Waals surface area contributed by atoms with E-state index in [1.807, 2.05) is 0 Å². The van der Waals surface area contributed by atoms with Crippen LogP contribution >= 0.6 is 0 Å². The van der Waals surface area contributed by atoms with Crippen LogP contribution in [0.15, 0.2) is 18.2 Å².